The molecule has 28 heavy (non-hydrogen) atoms. The van der Waals surface area contributed by atoms with Crippen molar-refractivity contribution in [3.8, 4) is 5.88 Å². The molecule has 1 aliphatic rings. The average molecular weight is 376 g/mol. The van der Waals surface area contributed by atoms with Crippen molar-refractivity contribution >= 4 is 22.5 Å². The Morgan fingerprint density at radius 3 is 2.61 bits per heavy atom. The fourth-order valence-electron chi connectivity index (χ4n) is 3.86. The van der Waals surface area contributed by atoms with Gasteiger partial charge in [0.2, 0.25) is 5.88 Å². The van der Waals surface area contributed by atoms with Gasteiger partial charge in [-0.25, -0.2) is 9.97 Å². The van der Waals surface area contributed by atoms with Crippen molar-refractivity contribution in [1.29, 1.82) is 0 Å². The van der Waals surface area contributed by atoms with Gasteiger partial charge in [0.1, 0.15) is 5.65 Å². The molecule has 1 amide bonds. The molecule has 6 nitrogen and oxygen atoms in total. The fourth-order valence-corrected chi connectivity index (χ4v) is 3.86. The number of amides is 1. The largest absolute Gasteiger partial charge is 0.494 e. The number of aromatic hydroxyl groups is 1. The molecule has 144 valence electrons. The topological polar surface area (TPSA) is 80.4 Å². The Bertz CT molecular complexity index is 1150. The first kappa shape index (κ1) is 18.3. The van der Waals surface area contributed by atoms with E-state index in [1.165, 1.54) is 25.7 Å². The summed E-state index contributed by atoms with van der Waals surface area (Å²) in [6.45, 7) is 2.88. The van der Waals surface area contributed by atoms with Crippen LogP contribution in [0.15, 0.2) is 41.7 Å². The van der Waals surface area contributed by atoms with Gasteiger partial charge in [0.05, 0.1) is 11.1 Å². The van der Waals surface area contributed by atoms with Gasteiger partial charge < -0.3 is 5.11 Å². The lowest BCUT2D eigenvalue weighted by molar-refractivity contribution is -0.112. The zero-order valence-electron chi connectivity index (χ0n) is 16.1. The molecular formula is C22H24N4O2. The van der Waals surface area contributed by atoms with Crippen LogP contribution in [-0.2, 0) is 11.3 Å². The average Bonchev–Trinajstić information content (AvgIpc) is 3.17. The molecule has 0 saturated carbocycles. The van der Waals surface area contributed by atoms with Crippen LogP contribution in [-0.4, -0.2) is 25.5 Å². The number of carbonyl (C=O) groups excluding carboxylic acids is 1. The highest BCUT2D eigenvalue weighted by molar-refractivity contribution is 6.24. The second kappa shape index (κ2) is 7.92. The second-order valence-corrected chi connectivity index (χ2v) is 7.16. The van der Waals surface area contributed by atoms with E-state index in [1.54, 1.807) is 18.5 Å². The van der Waals surface area contributed by atoms with Crippen LogP contribution in [0.1, 0.15) is 51.0 Å². The lowest BCUT2D eigenvalue weighted by Crippen LogP contribution is -2.26. The van der Waals surface area contributed by atoms with Crippen LogP contribution in [0.5, 0.6) is 5.88 Å². The van der Waals surface area contributed by atoms with Crippen LogP contribution in [0.3, 0.4) is 0 Å². The summed E-state index contributed by atoms with van der Waals surface area (Å²) in [5.74, 6) is -0.288. The van der Waals surface area contributed by atoms with Gasteiger partial charge in [0.25, 0.3) is 5.91 Å². The standard InChI is InChI=1S/C22H24N4O2/c1-2-3-4-5-6-7-14-26-20-16(11-9-13-24-20)18(22(26)28)17-15-10-8-12-23-19(15)25-21(17)27/h8-13,28H,2-7,14H2,1H3. The number of nitrogens with zero attached hydrogens (tertiary/aromatic N) is 4. The first-order valence-electron chi connectivity index (χ1n) is 9.97. The third kappa shape index (κ3) is 3.19. The summed E-state index contributed by atoms with van der Waals surface area (Å²) in [4.78, 5) is 25.3. The molecule has 6 heteroatoms. The maximum Gasteiger partial charge on any atom is 0.280 e. The van der Waals surface area contributed by atoms with E-state index in [9.17, 15) is 9.90 Å². The molecule has 0 spiro atoms. The number of aryl methyl sites for hydroxylation is 1. The summed E-state index contributed by atoms with van der Waals surface area (Å²) in [5, 5.41) is 12.5. The summed E-state index contributed by atoms with van der Waals surface area (Å²) in [6.07, 6.45) is 10.3. The molecule has 4 rings (SSSR count). The van der Waals surface area contributed by atoms with E-state index < -0.39 is 0 Å². The monoisotopic (exact) mass is 376 g/mol. The van der Waals surface area contributed by atoms with Gasteiger partial charge in [0, 0.05) is 29.5 Å². The minimum absolute atomic E-state index is 0.0810. The number of hydrogen-bond donors (Lipinski definition) is 1. The highest BCUT2D eigenvalue weighted by Crippen LogP contribution is 2.35. The van der Waals surface area contributed by atoms with E-state index in [2.05, 4.69) is 21.9 Å². The number of hydrogen-bond acceptors (Lipinski definition) is 4. The zero-order chi connectivity index (χ0) is 19.5. The van der Waals surface area contributed by atoms with Gasteiger partial charge in [-0.1, -0.05) is 39.0 Å². The maximum atomic E-state index is 12.6. The summed E-state index contributed by atoms with van der Waals surface area (Å²) >= 11 is 0. The maximum absolute atomic E-state index is 12.6. The van der Waals surface area contributed by atoms with E-state index in [4.69, 9.17) is 0 Å². The van der Waals surface area contributed by atoms with Gasteiger partial charge in [-0.2, -0.15) is 4.99 Å². The van der Waals surface area contributed by atoms with Gasteiger partial charge in [-0.15, -0.1) is 0 Å². The van der Waals surface area contributed by atoms with E-state index in [1.807, 2.05) is 22.8 Å². The second-order valence-electron chi connectivity index (χ2n) is 7.16. The van der Waals surface area contributed by atoms with Crippen molar-refractivity contribution in [2.45, 2.75) is 52.0 Å². The SMILES string of the molecule is CCCCCCCCn1c(O)c(C2=c3cccnc3=NC2=O)c2cccnc21. The number of pyridine rings is 2. The Kier molecular flexibility index (Phi) is 5.19. The van der Waals surface area contributed by atoms with Crippen molar-refractivity contribution in [3.63, 3.8) is 0 Å². The fraction of sp³-hybridized carbons (Fsp3) is 0.364. The molecule has 0 unspecified atom stereocenters. The van der Waals surface area contributed by atoms with Crippen molar-refractivity contribution in [3.05, 3.63) is 52.9 Å². The zero-order valence-corrected chi connectivity index (χ0v) is 16.1. The van der Waals surface area contributed by atoms with E-state index >= 15 is 0 Å². The molecule has 0 aliphatic carbocycles. The summed E-state index contributed by atoms with van der Waals surface area (Å²) in [5.41, 5.74) is 2.01. The Morgan fingerprint density at radius 2 is 1.75 bits per heavy atom. The number of rotatable bonds is 8. The minimum Gasteiger partial charge on any atom is -0.494 e. The van der Waals surface area contributed by atoms with Gasteiger partial charge in [-0.3, -0.25) is 9.36 Å². The molecule has 3 aromatic rings. The Labute approximate surface area is 163 Å². The molecule has 1 N–H and O–H groups in total. The third-order valence-corrected chi connectivity index (χ3v) is 5.25. The number of unbranched alkanes of at least 4 members (excludes halogenated alkanes) is 5. The summed E-state index contributed by atoms with van der Waals surface area (Å²) in [7, 11) is 0. The lowest BCUT2D eigenvalue weighted by atomic mass is 10.0. The molecule has 0 aromatic carbocycles. The van der Waals surface area contributed by atoms with Crippen LogP contribution in [0.2, 0.25) is 0 Å². The highest BCUT2D eigenvalue weighted by atomic mass is 16.3. The summed E-state index contributed by atoms with van der Waals surface area (Å²) in [6, 6.07) is 7.31. The molecule has 0 atom stereocenters. The van der Waals surface area contributed by atoms with Gasteiger partial charge in [-0.05, 0) is 30.7 Å². The molecule has 1 aliphatic heterocycles. The number of aromatic nitrogens is 3. The van der Waals surface area contributed by atoms with Crippen LogP contribution in [0.25, 0.3) is 16.6 Å². The van der Waals surface area contributed by atoms with Crippen LogP contribution in [0.4, 0.5) is 0 Å². The van der Waals surface area contributed by atoms with Crippen molar-refractivity contribution in [2.75, 3.05) is 0 Å². The molecule has 0 bridgehead atoms. The number of carbonyl (C=O) groups is 1. The van der Waals surface area contributed by atoms with Gasteiger partial charge >= 0.3 is 0 Å². The highest BCUT2D eigenvalue weighted by Gasteiger charge is 2.27. The third-order valence-electron chi connectivity index (χ3n) is 5.25. The molecular weight excluding hydrogens is 352 g/mol. The molecule has 0 radical (unpaired) electrons. The van der Waals surface area contributed by atoms with Crippen molar-refractivity contribution in [2.24, 2.45) is 4.99 Å². The van der Waals surface area contributed by atoms with Crippen LogP contribution < -0.4 is 10.7 Å². The quantitative estimate of drug-likeness (QED) is 0.613. The Balaban J connectivity index is 1.75. The first-order chi connectivity index (χ1) is 13.7. The van der Waals surface area contributed by atoms with Crippen molar-refractivity contribution in [1.82, 2.24) is 14.5 Å². The molecule has 4 heterocycles. The molecule has 3 aromatic heterocycles. The lowest BCUT2D eigenvalue weighted by Gasteiger charge is -2.07. The van der Waals surface area contributed by atoms with Gasteiger partial charge in [0.15, 0.2) is 5.49 Å². The van der Waals surface area contributed by atoms with Crippen LogP contribution >= 0.6 is 0 Å². The first-order valence-corrected chi connectivity index (χ1v) is 9.97. The van der Waals surface area contributed by atoms with E-state index in [0.29, 0.717) is 34.0 Å². The Morgan fingerprint density at radius 1 is 1.00 bits per heavy atom. The normalized spacial score (nSPS) is 13.2. The van der Waals surface area contributed by atoms with E-state index in [-0.39, 0.29) is 11.8 Å². The predicted octanol–water partition coefficient (Wildman–Crippen LogP) is 2.86. The predicted molar refractivity (Wildman–Crippen MR) is 107 cm³/mol. The van der Waals surface area contributed by atoms with Crippen LogP contribution in [0, 0.1) is 0 Å². The minimum atomic E-state index is -0.369. The molecule has 0 saturated heterocycles. The van der Waals surface area contributed by atoms with E-state index in [0.717, 1.165) is 18.2 Å². The number of fused-ring (bicyclic) bond motifs is 2. The van der Waals surface area contributed by atoms with Crippen molar-refractivity contribution < 1.29 is 9.90 Å². The molecule has 0 fully saturated rings. The Hall–Kier alpha value is -3.02. The summed E-state index contributed by atoms with van der Waals surface area (Å²) < 4.78 is 1.82. The smallest absolute Gasteiger partial charge is 0.280 e.